The Morgan fingerprint density at radius 3 is 2.21 bits per heavy atom. The highest BCUT2D eigenvalue weighted by Crippen LogP contribution is 2.37. The number of carbonyl (C=O) groups is 1. The first kappa shape index (κ1) is 21.1. The first-order valence-corrected chi connectivity index (χ1v) is 11.7. The molecule has 0 aliphatic carbocycles. The Morgan fingerprint density at radius 1 is 1.12 bits per heavy atom. The number of rotatable bonds is 9. The molecule has 0 N–H and O–H groups in total. The van der Waals surface area contributed by atoms with Crippen LogP contribution < -0.4 is 0 Å². The van der Waals surface area contributed by atoms with Crippen LogP contribution in [0.1, 0.15) is 40.2 Å². The Balaban J connectivity index is 2.68. The quantitative estimate of drug-likeness (QED) is 0.461. The maximum atomic E-state index is 11.3. The van der Waals surface area contributed by atoms with Crippen molar-refractivity contribution in [1.29, 1.82) is 0 Å². The molecule has 3 atom stereocenters. The molecule has 0 aliphatic heterocycles. The van der Waals surface area contributed by atoms with E-state index in [0.717, 1.165) is 11.8 Å². The molecule has 3 nitrogen and oxygen atoms in total. The van der Waals surface area contributed by atoms with E-state index in [1.807, 2.05) is 37.3 Å². The molecule has 0 fully saturated rings. The summed E-state index contributed by atoms with van der Waals surface area (Å²) in [5, 5.41) is 0.184. The third kappa shape index (κ3) is 6.15. The molecule has 0 radical (unpaired) electrons. The summed E-state index contributed by atoms with van der Waals surface area (Å²) < 4.78 is 12.4. The van der Waals surface area contributed by atoms with Crippen LogP contribution in [-0.2, 0) is 20.6 Å². The van der Waals surface area contributed by atoms with Crippen LogP contribution in [0.3, 0.4) is 0 Å². The molecule has 1 aromatic rings. The fraction of sp³-hybridized carbons (Fsp3) is 0.650. The Labute approximate surface area is 148 Å². The van der Waals surface area contributed by atoms with Crippen molar-refractivity contribution in [2.75, 3.05) is 6.61 Å². The van der Waals surface area contributed by atoms with E-state index in [-0.39, 0.29) is 23.0 Å². The minimum Gasteiger partial charge on any atom is -0.416 e. The molecule has 0 spiro atoms. The highest BCUT2D eigenvalue weighted by Gasteiger charge is 2.38. The number of hydrogen-bond donors (Lipinski definition) is 0. The minimum absolute atomic E-state index is 0.132. The summed E-state index contributed by atoms with van der Waals surface area (Å²) in [5.41, 5.74) is 1.12. The van der Waals surface area contributed by atoms with Gasteiger partial charge < -0.3 is 14.0 Å². The van der Waals surface area contributed by atoms with E-state index >= 15 is 0 Å². The van der Waals surface area contributed by atoms with E-state index in [4.69, 9.17) is 9.16 Å². The molecule has 0 amide bonds. The predicted octanol–water partition coefficient (Wildman–Crippen LogP) is 5.06. The van der Waals surface area contributed by atoms with E-state index in [1.165, 1.54) is 0 Å². The van der Waals surface area contributed by atoms with E-state index in [2.05, 4.69) is 40.8 Å². The lowest BCUT2D eigenvalue weighted by molar-refractivity contribution is -0.118. The molecule has 0 bridgehead atoms. The highest BCUT2D eigenvalue weighted by atomic mass is 28.4. The lowest BCUT2D eigenvalue weighted by atomic mass is 9.95. The van der Waals surface area contributed by atoms with Crippen molar-refractivity contribution in [2.45, 2.75) is 65.5 Å². The van der Waals surface area contributed by atoms with Crippen molar-refractivity contribution in [3.63, 3.8) is 0 Å². The summed E-state index contributed by atoms with van der Waals surface area (Å²) in [6, 6.07) is 10.1. The zero-order valence-electron chi connectivity index (χ0n) is 16.3. The normalized spacial score (nSPS) is 16.5. The molecule has 0 saturated heterocycles. The van der Waals surface area contributed by atoms with E-state index < -0.39 is 8.32 Å². The van der Waals surface area contributed by atoms with Gasteiger partial charge in [-0.15, -0.1) is 0 Å². The smallest absolute Gasteiger partial charge is 0.191 e. The van der Waals surface area contributed by atoms with Crippen molar-refractivity contribution < 1.29 is 14.0 Å². The molecule has 1 rings (SSSR count). The molecule has 136 valence electrons. The van der Waals surface area contributed by atoms with Gasteiger partial charge in [-0.3, -0.25) is 0 Å². The first-order valence-electron chi connectivity index (χ1n) is 8.83. The van der Waals surface area contributed by atoms with Gasteiger partial charge in [0, 0.05) is 18.4 Å². The Kier molecular flexibility index (Phi) is 7.84. The second kappa shape index (κ2) is 8.93. The van der Waals surface area contributed by atoms with Gasteiger partial charge in [-0.05, 0) is 23.7 Å². The van der Waals surface area contributed by atoms with Crippen LogP contribution in [0.15, 0.2) is 30.3 Å². The van der Waals surface area contributed by atoms with Gasteiger partial charge in [0.2, 0.25) is 0 Å². The number of hydrogen-bond acceptors (Lipinski definition) is 3. The monoisotopic (exact) mass is 350 g/mol. The van der Waals surface area contributed by atoms with E-state index in [0.29, 0.717) is 13.2 Å². The van der Waals surface area contributed by atoms with Crippen molar-refractivity contribution in [3.05, 3.63) is 35.9 Å². The molecule has 24 heavy (non-hydrogen) atoms. The molecule has 4 heteroatoms. The van der Waals surface area contributed by atoms with E-state index in [9.17, 15) is 4.79 Å². The standard InChI is InChI=1S/C20H34O3Si/c1-16(13-21)19(22-15-18-11-9-8-10-12-18)17(2)14-23-24(6,7)20(3,4)5/h8-13,16-17,19H,14-15H2,1-7H3. The lowest BCUT2D eigenvalue weighted by Gasteiger charge is -2.38. The van der Waals surface area contributed by atoms with Crippen molar-refractivity contribution >= 4 is 14.6 Å². The Bertz CT molecular complexity index is 493. The maximum absolute atomic E-state index is 11.3. The third-order valence-corrected chi connectivity index (χ3v) is 9.59. The average molecular weight is 351 g/mol. The second-order valence-corrected chi connectivity index (χ2v) is 13.1. The zero-order chi connectivity index (χ0) is 18.4. The lowest BCUT2D eigenvalue weighted by Crippen LogP contribution is -2.43. The fourth-order valence-electron chi connectivity index (χ4n) is 2.33. The van der Waals surface area contributed by atoms with Crippen LogP contribution in [0.4, 0.5) is 0 Å². The van der Waals surface area contributed by atoms with Crippen LogP contribution in [0.2, 0.25) is 18.1 Å². The van der Waals surface area contributed by atoms with Crippen LogP contribution in [0, 0.1) is 11.8 Å². The molecule has 0 saturated carbocycles. The number of aldehydes is 1. The molecule has 0 aliphatic rings. The molecular formula is C20H34O3Si. The third-order valence-electron chi connectivity index (χ3n) is 5.09. The van der Waals surface area contributed by atoms with Gasteiger partial charge in [-0.1, -0.05) is 65.0 Å². The Hall–Kier alpha value is -0.973. The summed E-state index contributed by atoms with van der Waals surface area (Å²) in [7, 11) is -1.79. The first-order chi connectivity index (χ1) is 11.1. The molecule has 3 unspecified atom stereocenters. The largest absolute Gasteiger partial charge is 0.416 e. The number of ether oxygens (including phenoxy) is 1. The highest BCUT2D eigenvalue weighted by molar-refractivity contribution is 6.74. The van der Waals surface area contributed by atoms with Gasteiger partial charge in [0.15, 0.2) is 8.32 Å². The van der Waals surface area contributed by atoms with E-state index in [1.54, 1.807) is 0 Å². The molecule has 1 aromatic carbocycles. The Morgan fingerprint density at radius 2 is 1.71 bits per heavy atom. The van der Waals surface area contributed by atoms with Crippen molar-refractivity contribution in [3.8, 4) is 0 Å². The number of carbonyl (C=O) groups excluding carboxylic acids is 1. The van der Waals surface area contributed by atoms with Gasteiger partial charge in [0.25, 0.3) is 0 Å². The van der Waals surface area contributed by atoms with Crippen molar-refractivity contribution in [2.24, 2.45) is 11.8 Å². The maximum Gasteiger partial charge on any atom is 0.191 e. The molecular weight excluding hydrogens is 316 g/mol. The summed E-state index contributed by atoms with van der Waals surface area (Å²) in [4.78, 5) is 11.3. The van der Waals surface area contributed by atoms with Crippen LogP contribution >= 0.6 is 0 Å². The second-order valence-electron chi connectivity index (χ2n) is 8.31. The van der Waals surface area contributed by atoms with Crippen LogP contribution in [0.25, 0.3) is 0 Å². The van der Waals surface area contributed by atoms with Gasteiger partial charge in [0.05, 0.1) is 12.7 Å². The topological polar surface area (TPSA) is 35.5 Å². The summed E-state index contributed by atoms with van der Waals surface area (Å²) in [5.74, 6) is 0.0229. The van der Waals surface area contributed by atoms with Gasteiger partial charge in [-0.25, -0.2) is 0 Å². The SMILES string of the molecule is CC(C=O)C(OCc1ccccc1)C(C)CO[Si](C)(C)C(C)(C)C. The summed E-state index contributed by atoms with van der Waals surface area (Å²) >= 11 is 0. The van der Waals surface area contributed by atoms with Gasteiger partial charge in [0.1, 0.15) is 6.29 Å². The average Bonchev–Trinajstić information content (AvgIpc) is 2.52. The number of benzene rings is 1. The fourth-order valence-corrected chi connectivity index (χ4v) is 3.44. The van der Waals surface area contributed by atoms with Crippen molar-refractivity contribution in [1.82, 2.24) is 0 Å². The van der Waals surface area contributed by atoms with Gasteiger partial charge in [-0.2, -0.15) is 0 Å². The van der Waals surface area contributed by atoms with Crippen LogP contribution in [-0.4, -0.2) is 27.3 Å². The van der Waals surface area contributed by atoms with Gasteiger partial charge >= 0.3 is 0 Å². The zero-order valence-corrected chi connectivity index (χ0v) is 17.3. The summed E-state index contributed by atoms with van der Waals surface area (Å²) in [6.45, 7) is 16.4. The minimum atomic E-state index is -1.79. The summed E-state index contributed by atoms with van der Waals surface area (Å²) in [6.07, 6.45) is 0.853. The van der Waals surface area contributed by atoms with Crippen LogP contribution in [0.5, 0.6) is 0 Å². The molecule has 0 aromatic heterocycles. The molecule has 0 heterocycles. The predicted molar refractivity (Wildman–Crippen MR) is 103 cm³/mol.